The molecule has 0 aromatic carbocycles. The molecule has 0 saturated carbocycles. The van der Waals surface area contributed by atoms with Crippen molar-refractivity contribution in [3.05, 3.63) is 35.5 Å². The van der Waals surface area contributed by atoms with E-state index in [0.717, 1.165) is 37.5 Å². The molecule has 1 aliphatic rings. The topological polar surface area (TPSA) is 34.4 Å². The second-order valence-corrected chi connectivity index (χ2v) is 4.11. The molecule has 0 aliphatic carbocycles. The average Bonchev–Trinajstić information content (AvgIpc) is 2.74. The van der Waals surface area contributed by atoms with Crippen molar-refractivity contribution in [1.29, 1.82) is 0 Å². The summed E-state index contributed by atoms with van der Waals surface area (Å²) in [6.45, 7) is 5.83. The van der Waals surface area contributed by atoms with Crippen molar-refractivity contribution in [1.82, 2.24) is 5.32 Å². The van der Waals surface area contributed by atoms with E-state index in [1.54, 1.807) is 0 Å². The van der Waals surface area contributed by atoms with Crippen LogP contribution in [0.1, 0.15) is 37.3 Å². The molecule has 3 heteroatoms. The Balaban J connectivity index is 2.19. The first kappa shape index (κ1) is 11.3. The highest BCUT2D eigenvalue weighted by Crippen LogP contribution is 2.28. The van der Waals surface area contributed by atoms with Gasteiger partial charge in [-0.15, -0.1) is 0 Å². The average molecular weight is 221 g/mol. The van der Waals surface area contributed by atoms with E-state index < -0.39 is 0 Å². The van der Waals surface area contributed by atoms with Crippen molar-refractivity contribution in [2.75, 3.05) is 13.2 Å². The van der Waals surface area contributed by atoms with Crippen LogP contribution in [0.4, 0.5) is 0 Å². The van der Waals surface area contributed by atoms with Gasteiger partial charge in [0.1, 0.15) is 11.5 Å². The van der Waals surface area contributed by atoms with Crippen LogP contribution >= 0.6 is 0 Å². The fourth-order valence-corrected chi connectivity index (χ4v) is 2.02. The third-order valence-corrected chi connectivity index (χ3v) is 2.79. The van der Waals surface area contributed by atoms with E-state index in [1.165, 1.54) is 5.57 Å². The Morgan fingerprint density at radius 1 is 1.44 bits per heavy atom. The van der Waals surface area contributed by atoms with Gasteiger partial charge in [-0.3, -0.25) is 0 Å². The number of likely N-dealkylation sites (N-methyl/N-ethyl adjacent to an activating group) is 1. The first-order valence-corrected chi connectivity index (χ1v) is 5.91. The molecule has 0 bridgehead atoms. The Morgan fingerprint density at radius 2 is 2.31 bits per heavy atom. The second kappa shape index (κ2) is 5.21. The number of hydrogen-bond donors (Lipinski definition) is 1. The predicted molar refractivity (Wildman–Crippen MR) is 63.1 cm³/mol. The second-order valence-electron chi connectivity index (χ2n) is 4.11. The van der Waals surface area contributed by atoms with Gasteiger partial charge in [-0.2, -0.15) is 0 Å². The lowest BCUT2D eigenvalue weighted by Gasteiger charge is -2.22. The molecule has 0 spiro atoms. The summed E-state index contributed by atoms with van der Waals surface area (Å²) >= 11 is 0. The maximum atomic E-state index is 5.69. The third-order valence-electron chi connectivity index (χ3n) is 2.79. The van der Waals surface area contributed by atoms with E-state index in [-0.39, 0.29) is 6.04 Å². The lowest BCUT2D eigenvalue weighted by molar-refractivity contribution is 0.217. The molecule has 3 nitrogen and oxygen atoms in total. The Kier molecular flexibility index (Phi) is 3.67. The zero-order valence-corrected chi connectivity index (χ0v) is 9.95. The summed E-state index contributed by atoms with van der Waals surface area (Å²) in [5, 5.41) is 3.44. The van der Waals surface area contributed by atoms with Gasteiger partial charge in [0.05, 0.1) is 18.9 Å². The van der Waals surface area contributed by atoms with E-state index in [1.807, 2.05) is 25.3 Å². The van der Waals surface area contributed by atoms with Crippen LogP contribution in [-0.4, -0.2) is 13.2 Å². The Morgan fingerprint density at radius 3 is 2.88 bits per heavy atom. The molecule has 0 fully saturated rings. The first-order chi connectivity index (χ1) is 7.81. The summed E-state index contributed by atoms with van der Waals surface area (Å²) in [6, 6.07) is 4.21. The highest BCUT2D eigenvalue weighted by atomic mass is 16.5. The molecule has 0 saturated heterocycles. The van der Waals surface area contributed by atoms with Crippen LogP contribution in [0.25, 0.3) is 0 Å². The van der Waals surface area contributed by atoms with Crippen LogP contribution in [0.2, 0.25) is 0 Å². The van der Waals surface area contributed by atoms with Gasteiger partial charge in [-0.05, 0) is 44.0 Å². The summed E-state index contributed by atoms with van der Waals surface area (Å²) in [5.74, 6) is 1.94. The standard InChI is InChI=1S/C13H19NO2/c1-3-14-13(11-5-4-8-15-9-11)12-7-6-10(2)16-12/h6-7,9,13-14H,3-5,8H2,1-2H3. The van der Waals surface area contributed by atoms with Gasteiger partial charge in [-0.25, -0.2) is 0 Å². The molecule has 1 aliphatic heterocycles. The molecule has 0 amide bonds. The number of aryl methyl sites for hydroxylation is 1. The molecule has 88 valence electrons. The van der Waals surface area contributed by atoms with E-state index in [9.17, 15) is 0 Å². The third kappa shape index (κ3) is 2.47. The van der Waals surface area contributed by atoms with Crippen LogP contribution in [0.5, 0.6) is 0 Å². The van der Waals surface area contributed by atoms with Gasteiger partial charge in [0, 0.05) is 0 Å². The summed E-state index contributed by atoms with van der Waals surface area (Å²) in [5.41, 5.74) is 1.28. The van der Waals surface area contributed by atoms with Gasteiger partial charge in [0.2, 0.25) is 0 Å². The quantitative estimate of drug-likeness (QED) is 0.848. The molecule has 1 aromatic heterocycles. The zero-order chi connectivity index (χ0) is 11.4. The highest BCUT2D eigenvalue weighted by molar-refractivity contribution is 5.21. The number of hydrogen-bond acceptors (Lipinski definition) is 3. The van der Waals surface area contributed by atoms with Crippen molar-refractivity contribution in [2.24, 2.45) is 0 Å². The SMILES string of the molecule is CCNC(C1=COCCC1)c1ccc(C)o1. The van der Waals surface area contributed by atoms with Crippen molar-refractivity contribution < 1.29 is 9.15 Å². The number of furan rings is 1. The maximum Gasteiger partial charge on any atom is 0.125 e. The maximum absolute atomic E-state index is 5.69. The van der Waals surface area contributed by atoms with Crippen molar-refractivity contribution in [3.8, 4) is 0 Å². The van der Waals surface area contributed by atoms with E-state index in [2.05, 4.69) is 12.2 Å². The number of nitrogens with one attached hydrogen (secondary N) is 1. The minimum absolute atomic E-state index is 0.166. The van der Waals surface area contributed by atoms with Crippen molar-refractivity contribution in [3.63, 3.8) is 0 Å². The fraction of sp³-hybridized carbons (Fsp3) is 0.538. The van der Waals surface area contributed by atoms with Gasteiger partial charge in [-0.1, -0.05) is 6.92 Å². The Hall–Kier alpha value is -1.22. The molecule has 0 radical (unpaired) electrons. The minimum Gasteiger partial charge on any atom is -0.501 e. The van der Waals surface area contributed by atoms with Crippen LogP contribution in [-0.2, 0) is 4.74 Å². The lowest BCUT2D eigenvalue weighted by Crippen LogP contribution is -2.23. The van der Waals surface area contributed by atoms with E-state index in [4.69, 9.17) is 9.15 Å². The molecule has 16 heavy (non-hydrogen) atoms. The summed E-state index contributed by atoms with van der Waals surface area (Å²) in [4.78, 5) is 0. The molecule has 2 rings (SSSR count). The normalized spacial score (nSPS) is 17.8. The highest BCUT2D eigenvalue weighted by Gasteiger charge is 2.20. The number of rotatable bonds is 4. The molecular weight excluding hydrogens is 202 g/mol. The van der Waals surface area contributed by atoms with Crippen LogP contribution in [0.15, 0.2) is 28.4 Å². The van der Waals surface area contributed by atoms with Gasteiger partial charge < -0.3 is 14.5 Å². The Bertz CT molecular complexity index is 368. The first-order valence-electron chi connectivity index (χ1n) is 5.91. The summed E-state index contributed by atoms with van der Waals surface area (Å²) in [7, 11) is 0. The van der Waals surface area contributed by atoms with E-state index in [0.29, 0.717) is 0 Å². The molecule has 1 N–H and O–H groups in total. The summed E-state index contributed by atoms with van der Waals surface area (Å²) in [6.07, 6.45) is 4.06. The monoisotopic (exact) mass is 221 g/mol. The van der Waals surface area contributed by atoms with Crippen molar-refractivity contribution in [2.45, 2.75) is 32.7 Å². The fourth-order valence-electron chi connectivity index (χ4n) is 2.02. The summed E-state index contributed by atoms with van der Waals surface area (Å²) < 4.78 is 11.1. The van der Waals surface area contributed by atoms with Gasteiger partial charge in [0.15, 0.2) is 0 Å². The number of ether oxygens (including phenoxy) is 1. The Labute approximate surface area is 96.5 Å². The molecule has 2 heterocycles. The molecular formula is C13H19NO2. The van der Waals surface area contributed by atoms with Crippen LogP contribution in [0, 0.1) is 6.92 Å². The largest absolute Gasteiger partial charge is 0.501 e. The molecule has 1 aromatic rings. The minimum atomic E-state index is 0.166. The predicted octanol–water partition coefficient (Wildman–Crippen LogP) is 2.93. The van der Waals surface area contributed by atoms with Gasteiger partial charge >= 0.3 is 0 Å². The zero-order valence-electron chi connectivity index (χ0n) is 9.95. The van der Waals surface area contributed by atoms with Crippen molar-refractivity contribution >= 4 is 0 Å². The van der Waals surface area contributed by atoms with E-state index >= 15 is 0 Å². The van der Waals surface area contributed by atoms with Crippen LogP contribution in [0.3, 0.4) is 0 Å². The van der Waals surface area contributed by atoms with Gasteiger partial charge in [0.25, 0.3) is 0 Å². The lowest BCUT2D eigenvalue weighted by atomic mass is 10.00. The smallest absolute Gasteiger partial charge is 0.125 e. The van der Waals surface area contributed by atoms with Crippen LogP contribution < -0.4 is 5.32 Å². The molecule has 1 unspecified atom stereocenters. The molecule has 1 atom stereocenters.